The van der Waals surface area contributed by atoms with E-state index in [2.05, 4.69) is 20.8 Å². The number of thioether (sulfide) groups is 1. The second kappa shape index (κ2) is 10.4. The fraction of sp³-hybridized carbons (Fsp3) is 0.250. The lowest BCUT2D eigenvalue weighted by atomic mass is 9.99. The number of nitrogens with one attached hydrogen (secondary N) is 3. The van der Waals surface area contributed by atoms with E-state index in [1.807, 2.05) is 13.0 Å². The molecule has 0 saturated carbocycles. The number of hydrogen-bond donors (Lipinski definition) is 3. The summed E-state index contributed by atoms with van der Waals surface area (Å²) < 4.78 is 0. The SMILES string of the molecule is CCCSC1=CC(=O)c2n[nH]c(C(=O)Nc3ccccc3)c2C1=O.CNC(C)=O. The van der Waals surface area contributed by atoms with Crippen LogP contribution in [0.5, 0.6) is 0 Å². The molecule has 0 unspecified atom stereocenters. The topological polar surface area (TPSA) is 121 Å². The standard InChI is InChI=1S/C17H15N3O3S.C3H7NO/c1-2-8-24-12-9-11(21)14-13(16(12)22)15(20-19-14)17(23)18-10-6-4-3-5-7-10;1-3(5)4-2/h3-7,9H,2,8H2,1H3,(H,18,23)(H,19,20);1-2H3,(H,4,5). The average Bonchev–Trinajstić information content (AvgIpc) is 3.17. The molecule has 0 radical (unpaired) electrons. The number of hydrogen-bond acceptors (Lipinski definition) is 6. The molecule has 152 valence electrons. The number of para-hydroxylation sites is 1. The van der Waals surface area contributed by atoms with Gasteiger partial charge in [-0.25, -0.2) is 0 Å². The first-order valence-corrected chi connectivity index (χ1v) is 9.94. The minimum absolute atomic E-state index is 0.000870. The summed E-state index contributed by atoms with van der Waals surface area (Å²) in [7, 11) is 1.60. The first-order valence-electron chi connectivity index (χ1n) is 8.95. The van der Waals surface area contributed by atoms with Crippen molar-refractivity contribution in [3.8, 4) is 0 Å². The predicted molar refractivity (Wildman–Crippen MR) is 112 cm³/mol. The van der Waals surface area contributed by atoms with Crippen molar-refractivity contribution in [1.29, 1.82) is 0 Å². The summed E-state index contributed by atoms with van der Waals surface area (Å²) in [6.45, 7) is 3.46. The Hall–Kier alpha value is -3.20. The van der Waals surface area contributed by atoms with Gasteiger partial charge in [-0.05, 0) is 24.3 Å². The lowest BCUT2D eigenvalue weighted by molar-refractivity contribution is -0.118. The lowest BCUT2D eigenvalue weighted by Crippen LogP contribution is -2.20. The van der Waals surface area contributed by atoms with Crippen LogP contribution in [0.1, 0.15) is 51.6 Å². The van der Waals surface area contributed by atoms with Crippen molar-refractivity contribution in [2.75, 3.05) is 18.1 Å². The molecule has 8 nitrogen and oxygen atoms in total. The molecule has 29 heavy (non-hydrogen) atoms. The zero-order valence-corrected chi connectivity index (χ0v) is 17.2. The molecule has 0 fully saturated rings. The van der Waals surface area contributed by atoms with E-state index in [-0.39, 0.29) is 34.4 Å². The largest absolute Gasteiger partial charge is 0.359 e. The van der Waals surface area contributed by atoms with Crippen LogP contribution in [-0.2, 0) is 4.79 Å². The van der Waals surface area contributed by atoms with Crippen LogP contribution in [0, 0.1) is 0 Å². The fourth-order valence-corrected chi connectivity index (χ4v) is 3.16. The Morgan fingerprint density at radius 1 is 1.17 bits per heavy atom. The maximum Gasteiger partial charge on any atom is 0.274 e. The monoisotopic (exact) mass is 414 g/mol. The van der Waals surface area contributed by atoms with E-state index in [1.165, 1.54) is 24.8 Å². The number of fused-ring (bicyclic) bond motifs is 1. The molecule has 0 aliphatic heterocycles. The van der Waals surface area contributed by atoms with Gasteiger partial charge in [-0.2, -0.15) is 5.10 Å². The molecule has 1 aromatic heterocycles. The summed E-state index contributed by atoms with van der Waals surface area (Å²) in [5.41, 5.74) is 0.653. The number of H-pyrrole nitrogens is 1. The summed E-state index contributed by atoms with van der Waals surface area (Å²) in [6.07, 6.45) is 2.17. The number of anilines is 1. The molecule has 0 atom stereocenters. The van der Waals surface area contributed by atoms with Crippen LogP contribution in [-0.4, -0.2) is 46.4 Å². The first-order chi connectivity index (χ1) is 13.9. The van der Waals surface area contributed by atoms with Crippen LogP contribution >= 0.6 is 11.8 Å². The van der Waals surface area contributed by atoms with Crippen molar-refractivity contribution in [2.45, 2.75) is 20.3 Å². The van der Waals surface area contributed by atoms with Crippen molar-refractivity contribution < 1.29 is 19.2 Å². The Bertz CT molecular complexity index is 951. The predicted octanol–water partition coefficient (Wildman–Crippen LogP) is 2.82. The van der Waals surface area contributed by atoms with Gasteiger partial charge < -0.3 is 10.6 Å². The second-order valence-corrected chi connectivity index (χ2v) is 7.14. The molecule has 9 heteroatoms. The smallest absolute Gasteiger partial charge is 0.274 e. The number of Topliss-reactive ketones (excluding diaryl/α,β-unsaturated/α-hetero) is 1. The van der Waals surface area contributed by atoms with Crippen molar-refractivity contribution in [2.24, 2.45) is 0 Å². The van der Waals surface area contributed by atoms with Gasteiger partial charge in [0.05, 0.1) is 10.5 Å². The van der Waals surface area contributed by atoms with Crippen molar-refractivity contribution in [3.63, 3.8) is 0 Å². The maximum atomic E-state index is 12.6. The van der Waals surface area contributed by atoms with Gasteiger partial charge in [0.2, 0.25) is 17.5 Å². The number of allylic oxidation sites excluding steroid dienone is 2. The van der Waals surface area contributed by atoms with E-state index in [0.717, 1.165) is 12.2 Å². The van der Waals surface area contributed by atoms with E-state index in [9.17, 15) is 19.2 Å². The highest BCUT2D eigenvalue weighted by atomic mass is 32.2. The zero-order chi connectivity index (χ0) is 21.4. The van der Waals surface area contributed by atoms with Gasteiger partial charge in [-0.15, -0.1) is 11.8 Å². The third-order valence-electron chi connectivity index (χ3n) is 3.79. The highest BCUT2D eigenvalue weighted by molar-refractivity contribution is 8.04. The summed E-state index contributed by atoms with van der Waals surface area (Å²) in [6, 6.07) is 8.87. The van der Waals surface area contributed by atoms with Gasteiger partial charge in [-0.1, -0.05) is 25.1 Å². The van der Waals surface area contributed by atoms with Crippen LogP contribution < -0.4 is 10.6 Å². The van der Waals surface area contributed by atoms with E-state index in [4.69, 9.17) is 0 Å². The summed E-state index contributed by atoms with van der Waals surface area (Å²) in [4.78, 5) is 47.3. The Kier molecular flexibility index (Phi) is 7.90. The third kappa shape index (κ3) is 5.64. The molecule has 2 aromatic rings. The molecule has 3 N–H and O–H groups in total. The minimum atomic E-state index is -0.502. The quantitative estimate of drug-likeness (QED) is 0.692. The van der Waals surface area contributed by atoms with Crippen molar-refractivity contribution in [3.05, 3.63) is 58.3 Å². The van der Waals surface area contributed by atoms with Gasteiger partial charge in [0.25, 0.3) is 5.91 Å². The van der Waals surface area contributed by atoms with E-state index in [1.54, 1.807) is 31.3 Å². The van der Waals surface area contributed by atoms with Crippen LogP contribution in [0.4, 0.5) is 5.69 Å². The van der Waals surface area contributed by atoms with Crippen LogP contribution in [0.2, 0.25) is 0 Å². The molecule has 0 saturated heterocycles. The molecule has 1 aliphatic rings. The number of amides is 2. The normalized spacial score (nSPS) is 12.3. The number of aromatic nitrogens is 2. The Balaban J connectivity index is 0.000000537. The van der Waals surface area contributed by atoms with Crippen molar-refractivity contribution in [1.82, 2.24) is 15.5 Å². The second-order valence-electron chi connectivity index (χ2n) is 6.00. The van der Waals surface area contributed by atoms with Crippen LogP contribution in [0.3, 0.4) is 0 Å². The minimum Gasteiger partial charge on any atom is -0.359 e. The third-order valence-corrected chi connectivity index (χ3v) is 5.01. The number of nitrogens with zero attached hydrogens (tertiary/aromatic N) is 1. The number of benzene rings is 1. The zero-order valence-electron chi connectivity index (χ0n) is 16.4. The molecule has 0 spiro atoms. The molecule has 1 heterocycles. The fourth-order valence-electron chi connectivity index (χ4n) is 2.32. The molecule has 3 rings (SSSR count). The van der Waals surface area contributed by atoms with Gasteiger partial charge in [-0.3, -0.25) is 24.3 Å². The molecular formula is C20H22N4O4S. The summed E-state index contributed by atoms with van der Waals surface area (Å²) in [5, 5.41) is 11.5. The van der Waals surface area contributed by atoms with Crippen LogP contribution in [0.15, 0.2) is 41.3 Å². The van der Waals surface area contributed by atoms with E-state index < -0.39 is 5.91 Å². The summed E-state index contributed by atoms with van der Waals surface area (Å²) >= 11 is 1.32. The van der Waals surface area contributed by atoms with Gasteiger partial charge in [0.1, 0.15) is 11.4 Å². The Morgan fingerprint density at radius 2 is 1.83 bits per heavy atom. The molecular weight excluding hydrogens is 392 g/mol. The maximum absolute atomic E-state index is 12.6. The van der Waals surface area contributed by atoms with Gasteiger partial charge in [0, 0.05) is 25.7 Å². The molecule has 0 bridgehead atoms. The Labute approximate surface area is 172 Å². The lowest BCUT2D eigenvalue weighted by Gasteiger charge is -2.11. The highest BCUT2D eigenvalue weighted by Crippen LogP contribution is 2.29. The van der Waals surface area contributed by atoms with Gasteiger partial charge in [0.15, 0.2) is 0 Å². The van der Waals surface area contributed by atoms with Gasteiger partial charge >= 0.3 is 0 Å². The molecule has 1 aliphatic carbocycles. The van der Waals surface area contributed by atoms with Crippen molar-refractivity contribution >= 4 is 40.8 Å². The average molecular weight is 414 g/mol. The first kappa shape index (κ1) is 22.1. The van der Waals surface area contributed by atoms with E-state index >= 15 is 0 Å². The number of carbonyl (C=O) groups is 4. The molecule has 1 aromatic carbocycles. The number of carbonyl (C=O) groups excluding carboxylic acids is 4. The number of ketones is 2. The number of aromatic amines is 1. The summed E-state index contributed by atoms with van der Waals surface area (Å²) in [5.74, 6) is -0.472. The van der Waals surface area contributed by atoms with E-state index in [0.29, 0.717) is 10.6 Å². The molecule has 2 amide bonds. The van der Waals surface area contributed by atoms with Crippen LogP contribution in [0.25, 0.3) is 0 Å². The Morgan fingerprint density at radius 3 is 2.41 bits per heavy atom. The highest BCUT2D eigenvalue weighted by Gasteiger charge is 2.33. The number of rotatable bonds is 5.